The zero-order valence-electron chi connectivity index (χ0n) is 12.1. The van der Waals surface area contributed by atoms with Crippen LogP contribution in [0.15, 0.2) is 24.3 Å². The summed E-state index contributed by atoms with van der Waals surface area (Å²) in [6.45, 7) is 2.38. The average molecular weight is 257 g/mol. The van der Waals surface area contributed by atoms with Crippen molar-refractivity contribution in [1.82, 2.24) is 0 Å². The van der Waals surface area contributed by atoms with E-state index in [1.807, 2.05) is 0 Å². The van der Waals surface area contributed by atoms with E-state index < -0.39 is 0 Å². The van der Waals surface area contributed by atoms with Crippen molar-refractivity contribution in [3.63, 3.8) is 0 Å². The largest absolute Gasteiger partial charge is 0.327 e. The monoisotopic (exact) mass is 257 g/mol. The highest BCUT2D eigenvalue weighted by Crippen LogP contribution is 2.39. The molecule has 1 nitrogen and oxygen atoms in total. The summed E-state index contributed by atoms with van der Waals surface area (Å²) in [4.78, 5) is 0. The number of fused-ring (bicyclic) bond motifs is 1. The molecule has 2 N–H and O–H groups in total. The first kappa shape index (κ1) is 13.2. The maximum Gasteiger partial charge on any atom is 0.00730 e. The number of benzene rings is 1. The van der Waals surface area contributed by atoms with E-state index in [0.717, 1.165) is 17.8 Å². The van der Waals surface area contributed by atoms with Gasteiger partial charge in [0.15, 0.2) is 0 Å². The lowest BCUT2D eigenvalue weighted by atomic mass is 9.77. The molecule has 1 aromatic rings. The maximum atomic E-state index is 6.53. The molecule has 19 heavy (non-hydrogen) atoms. The molecule has 1 heteroatoms. The molecule has 0 saturated heterocycles. The van der Waals surface area contributed by atoms with Crippen LogP contribution in [-0.4, -0.2) is 6.04 Å². The zero-order chi connectivity index (χ0) is 13.2. The Balaban J connectivity index is 1.67. The molecular formula is C18H27N. The Kier molecular flexibility index (Phi) is 3.93. The first-order valence-electron chi connectivity index (χ1n) is 8.07. The fourth-order valence-corrected chi connectivity index (χ4v) is 4.26. The summed E-state index contributed by atoms with van der Waals surface area (Å²) in [5.74, 6) is 2.40. The highest BCUT2D eigenvalue weighted by molar-refractivity contribution is 5.32. The van der Waals surface area contributed by atoms with Gasteiger partial charge in [0.25, 0.3) is 0 Å². The van der Waals surface area contributed by atoms with Crippen molar-refractivity contribution in [3.8, 4) is 0 Å². The molecule has 2 aliphatic rings. The van der Waals surface area contributed by atoms with Gasteiger partial charge < -0.3 is 5.73 Å². The third-order valence-electron chi connectivity index (χ3n) is 5.39. The summed E-state index contributed by atoms with van der Waals surface area (Å²) < 4.78 is 0. The lowest BCUT2D eigenvalue weighted by Gasteiger charge is -2.30. The molecule has 3 rings (SSSR count). The summed E-state index contributed by atoms with van der Waals surface area (Å²) in [6, 6.07) is 9.44. The Morgan fingerprint density at radius 2 is 2.05 bits per heavy atom. The smallest absolute Gasteiger partial charge is 0.00730 e. The standard InChI is InChI=1S/C18H27N/c1-13-9-10-16(11-13)18(19)12-15-7-4-6-14-5-2-3-8-17(14)15/h2-3,5,8,13,15-16,18H,4,6-7,9-12,19H2,1H3. The molecule has 0 aliphatic heterocycles. The van der Waals surface area contributed by atoms with Crippen LogP contribution in [0.2, 0.25) is 0 Å². The molecule has 104 valence electrons. The molecule has 1 fully saturated rings. The number of rotatable bonds is 3. The van der Waals surface area contributed by atoms with Gasteiger partial charge in [-0.25, -0.2) is 0 Å². The summed E-state index contributed by atoms with van der Waals surface area (Å²) >= 11 is 0. The fraction of sp³-hybridized carbons (Fsp3) is 0.667. The highest BCUT2D eigenvalue weighted by Gasteiger charge is 2.29. The SMILES string of the molecule is CC1CCC(C(N)CC2CCCc3ccccc32)C1. The van der Waals surface area contributed by atoms with Crippen LogP contribution >= 0.6 is 0 Å². The van der Waals surface area contributed by atoms with E-state index in [2.05, 4.69) is 31.2 Å². The lowest BCUT2D eigenvalue weighted by Crippen LogP contribution is -2.31. The molecule has 0 bridgehead atoms. The number of hydrogen-bond acceptors (Lipinski definition) is 1. The van der Waals surface area contributed by atoms with Crippen LogP contribution < -0.4 is 5.73 Å². The number of hydrogen-bond donors (Lipinski definition) is 1. The molecule has 0 heterocycles. The predicted octanol–water partition coefficient (Wildman–Crippen LogP) is 4.26. The molecule has 0 amide bonds. The van der Waals surface area contributed by atoms with E-state index in [9.17, 15) is 0 Å². The molecule has 0 radical (unpaired) electrons. The minimum atomic E-state index is 0.418. The van der Waals surface area contributed by atoms with Crippen molar-refractivity contribution in [2.45, 2.75) is 63.8 Å². The molecule has 0 aromatic heterocycles. The Hall–Kier alpha value is -0.820. The van der Waals surface area contributed by atoms with E-state index in [-0.39, 0.29) is 0 Å². The van der Waals surface area contributed by atoms with Gasteiger partial charge in [-0.05, 0) is 67.4 Å². The van der Waals surface area contributed by atoms with Crippen molar-refractivity contribution in [2.24, 2.45) is 17.6 Å². The maximum absolute atomic E-state index is 6.53. The van der Waals surface area contributed by atoms with E-state index in [1.165, 1.54) is 44.9 Å². The minimum absolute atomic E-state index is 0.418. The topological polar surface area (TPSA) is 26.0 Å². The Morgan fingerprint density at radius 3 is 2.84 bits per heavy atom. The number of aryl methyl sites for hydroxylation is 1. The molecule has 1 saturated carbocycles. The van der Waals surface area contributed by atoms with Gasteiger partial charge in [0.05, 0.1) is 0 Å². The quantitative estimate of drug-likeness (QED) is 0.860. The van der Waals surface area contributed by atoms with Crippen LogP contribution in [-0.2, 0) is 6.42 Å². The highest BCUT2D eigenvalue weighted by atomic mass is 14.7. The summed E-state index contributed by atoms with van der Waals surface area (Å²) in [5, 5.41) is 0. The van der Waals surface area contributed by atoms with Gasteiger partial charge in [0, 0.05) is 6.04 Å². The number of nitrogens with two attached hydrogens (primary N) is 1. The first-order chi connectivity index (χ1) is 9.24. The third-order valence-corrected chi connectivity index (χ3v) is 5.39. The first-order valence-corrected chi connectivity index (χ1v) is 8.07. The van der Waals surface area contributed by atoms with Gasteiger partial charge in [-0.1, -0.05) is 37.6 Å². The van der Waals surface area contributed by atoms with Gasteiger partial charge in [0.2, 0.25) is 0 Å². The zero-order valence-corrected chi connectivity index (χ0v) is 12.1. The van der Waals surface area contributed by atoms with E-state index in [0.29, 0.717) is 6.04 Å². The Labute approximate surface area is 117 Å². The predicted molar refractivity (Wildman–Crippen MR) is 81.2 cm³/mol. The second kappa shape index (κ2) is 5.66. The van der Waals surface area contributed by atoms with Crippen LogP contribution in [0.5, 0.6) is 0 Å². The van der Waals surface area contributed by atoms with Crippen molar-refractivity contribution < 1.29 is 0 Å². The summed E-state index contributed by atoms with van der Waals surface area (Å²) in [5.41, 5.74) is 9.70. The van der Waals surface area contributed by atoms with E-state index in [1.54, 1.807) is 11.1 Å². The summed E-state index contributed by atoms with van der Waals surface area (Å²) in [7, 11) is 0. The Morgan fingerprint density at radius 1 is 1.21 bits per heavy atom. The fourth-order valence-electron chi connectivity index (χ4n) is 4.26. The second-order valence-electron chi connectivity index (χ2n) is 6.87. The van der Waals surface area contributed by atoms with Crippen LogP contribution in [0, 0.1) is 11.8 Å². The van der Waals surface area contributed by atoms with Gasteiger partial charge in [-0.3, -0.25) is 0 Å². The average Bonchev–Trinajstić information content (AvgIpc) is 2.86. The van der Waals surface area contributed by atoms with Crippen molar-refractivity contribution in [1.29, 1.82) is 0 Å². The van der Waals surface area contributed by atoms with Gasteiger partial charge in [0.1, 0.15) is 0 Å². The van der Waals surface area contributed by atoms with E-state index >= 15 is 0 Å². The van der Waals surface area contributed by atoms with Crippen LogP contribution in [0.25, 0.3) is 0 Å². The minimum Gasteiger partial charge on any atom is -0.327 e. The Bertz CT molecular complexity index is 425. The van der Waals surface area contributed by atoms with Gasteiger partial charge in [-0.15, -0.1) is 0 Å². The van der Waals surface area contributed by atoms with Crippen molar-refractivity contribution in [2.75, 3.05) is 0 Å². The van der Waals surface area contributed by atoms with Gasteiger partial charge in [-0.2, -0.15) is 0 Å². The normalized spacial score (nSPS) is 32.0. The second-order valence-corrected chi connectivity index (χ2v) is 6.87. The van der Waals surface area contributed by atoms with Crippen LogP contribution in [0.1, 0.15) is 62.5 Å². The third kappa shape index (κ3) is 2.86. The van der Waals surface area contributed by atoms with Crippen molar-refractivity contribution in [3.05, 3.63) is 35.4 Å². The van der Waals surface area contributed by atoms with Crippen LogP contribution in [0.3, 0.4) is 0 Å². The van der Waals surface area contributed by atoms with Gasteiger partial charge >= 0.3 is 0 Å². The molecule has 4 atom stereocenters. The molecule has 2 aliphatic carbocycles. The molecule has 1 aromatic carbocycles. The lowest BCUT2D eigenvalue weighted by molar-refractivity contribution is 0.359. The van der Waals surface area contributed by atoms with E-state index in [4.69, 9.17) is 5.73 Å². The van der Waals surface area contributed by atoms with Crippen LogP contribution in [0.4, 0.5) is 0 Å². The molecule has 4 unspecified atom stereocenters. The molecular weight excluding hydrogens is 230 g/mol. The summed E-state index contributed by atoms with van der Waals surface area (Å²) in [6.07, 6.45) is 9.26. The molecule has 0 spiro atoms. The van der Waals surface area contributed by atoms with Crippen molar-refractivity contribution >= 4 is 0 Å².